The number of nitrogens with two attached hydrogens (primary N) is 1. The van der Waals surface area contributed by atoms with Crippen LogP contribution in [0.3, 0.4) is 0 Å². The summed E-state index contributed by atoms with van der Waals surface area (Å²) in [5, 5.41) is 3.35. The second kappa shape index (κ2) is 7.36. The fourth-order valence-electron chi connectivity index (χ4n) is 2.66. The zero-order valence-electron chi connectivity index (χ0n) is 12.9. The van der Waals surface area contributed by atoms with Gasteiger partial charge in [0.25, 0.3) is 0 Å². The van der Waals surface area contributed by atoms with E-state index in [2.05, 4.69) is 20.2 Å². The minimum Gasteiger partial charge on any atom is -0.369 e. The Morgan fingerprint density at radius 1 is 1.43 bits per heavy atom. The van der Waals surface area contributed by atoms with E-state index in [4.69, 9.17) is 5.73 Å². The monoisotopic (exact) mass is 291 g/mol. The van der Waals surface area contributed by atoms with Crippen molar-refractivity contribution in [1.82, 2.24) is 14.9 Å². The Hall–Kier alpha value is -1.69. The van der Waals surface area contributed by atoms with Crippen LogP contribution >= 0.6 is 0 Å². The van der Waals surface area contributed by atoms with Gasteiger partial charge in [0.15, 0.2) is 0 Å². The summed E-state index contributed by atoms with van der Waals surface area (Å²) in [5.41, 5.74) is 7.21. The Morgan fingerprint density at radius 2 is 2.14 bits per heavy atom. The minimum absolute atomic E-state index is 0.0737. The molecule has 21 heavy (non-hydrogen) atoms. The summed E-state index contributed by atoms with van der Waals surface area (Å²) in [6.45, 7) is 7.77. The van der Waals surface area contributed by atoms with Crippen LogP contribution in [0.1, 0.15) is 30.7 Å². The molecule has 1 aliphatic rings. The number of piperidine rings is 1. The van der Waals surface area contributed by atoms with Crippen molar-refractivity contribution in [3.05, 3.63) is 17.6 Å². The van der Waals surface area contributed by atoms with Crippen LogP contribution in [0.25, 0.3) is 0 Å². The molecule has 0 spiro atoms. The third-order valence-electron chi connectivity index (χ3n) is 4.01. The number of carbonyl (C=O) groups excluding carboxylic acids is 1. The number of carbonyl (C=O) groups is 1. The van der Waals surface area contributed by atoms with Gasteiger partial charge in [-0.25, -0.2) is 4.98 Å². The maximum absolute atomic E-state index is 11.1. The second-order valence-electron chi connectivity index (χ2n) is 5.74. The van der Waals surface area contributed by atoms with Crippen LogP contribution in [0.15, 0.2) is 6.20 Å². The van der Waals surface area contributed by atoms with Crippen molar-refractivity contribution in [2.45, 2.75) is 33.1 Å². The Labute approximate surface area is 126 Å². The van der Waals surface area contributed by atoms with Crippen molar-refractivity contribution in [2.75, 3.05) is 31.5 Å². The van der Waals surface area contributed by atoms with E-state index in [-0.39, 0.29) is 11.8 Å². The van der Waals surface area contributed by atoms with Crippen molar-refractivity contribution in [1.29, 1.82) is 0 Å². The first-order valence-electron chi connectivity index (χ1n) is 7.62. The van der Waals surface area contributed by atoms with Crippen LogP contribution in [-0.4, -0.2) is 47.0 Å². The fraction of sp³-hybridized carbons (Fsp3) is 0.667. The van der Waals surface area contributed by atoms with Gasteiger partial charge in [0.05, 0.1) is 11.4 Å². The molecule has 0 aromatic carbocycles. The highest BCUT2D eigenvalue weighted by atomic mass is 16.1. The maximum atomic E-state index is 11.1. The largest absolute Gasteiger partial charge is 0.369 e. The lowest BCUT2D eigenvalue weighted by Gasteiger charge is -2.30. The van der Waals surface area contributed by atoms with Gasteiger partial charge in [-0.1, -0.05) is 0 Å². The van der Waals surface area contributed by atoms with Gasteiger partial charge in [-0.2, -0.15) is 0 Å². The van der Waals surface area contributed by atoms with E-state index in [1.54, 1.807) is 6.20 Å². The lowest BCUT2D eigenvalue weighted by Crippen LogP contribution is -2.39. The Balaban J connectivity index is 1.66. The highest BCUT2D eigenvalue weighted by Gasteiger charge is 2.22. The Bertz CT molecular complexity index is 483. The predicted octanol–water partition coefficient (Wildman–Crippen LogP) is 1.09. The lowest BCUT2D eigenvalue weighted by molar-refractivity contribution is -0.123. The number of aryl methyl sites for hydroxylation is 2. The molecule has 0 radical (unpaired) electrons. The summed E-state index contributed by atoms with van der Waals surface area (Å²) in [7, 11) is 0. The third kappa shape index (κ3) is 4.67. The van der Waals surface area contributed by atoms with E-state index in [9.17, 15) is 4.79 Å². The molecule has 1 saturated heterocycles. The van der Waals surface area contributed by atoms with Gasteiger partial charge in [0.1, 0.15) is 5.82 Å². The topological polar surface area (TPSA) is 84.1 Å². The first-order valence-corrected chi connectivity index (χ1v) is 7.62. The molecular weight excluding hydrogens is 266 g/mol. The number of hydrogen-bond donors (Lipinski definition) is 2. The van der Waals surface area contributed by atoms with Crippen molar-refractivity contribution in [3.63, 3.8) is 0 Å². The number of rotatable bonds is 6. The van der Waals surface area contributed by atoms with E-state index in [1.165, 1.54) is 0 Å². The summed E-state index contributed by atoms with van der Waals surface area (Å²) in [5.74, 6) is 0.803. The number of anilines is 1. The van der Waals surface area contributed by atoms with Gasteiger partial charge in [0.2, 0.25) is 5.91 Å². The van der Waals surface area contributed by atoms with Crippen LogP contribution in [0.4, 0.5) is 5.82 Å². The average molecular weight is 291 g/mol. The maximum Gasteiger partial charge on any atom is 0.220 e. The predicted molar refractivity (Wildman–Crippen MR) is 83.0 cm³/mol. The van der Waals surface area contributed by atoms with Crippen LogP contribution in [0, 0.1) is 19.8 Å². The molecule has 1 amide bonds. The Morgan fingerprint density at radius 3 is 2.81 bits per heavy atom. The molecule has 116 valence electrons. The molecule has 6 nitrogen and oxygen atoms in total. The zero-order chi connectivity index (χ0) is 15.2. The minimum atomic E-state index is -0.148. The number of hydrogen-bond acceptors (Lipinski definition) is 5. The molecule has 0 saturated carbocycles. The van der Waals surface area contributed by atoms with Gasteiger partial charge >= 0.3 is 0 Å². The number of aromatic nitrogens is 2. The number of nitrogens with zero attached hydrogens (tertiary/aromatic N) is 3. The summed E-state index contributed by atoms with van der Waals surface area (Å²) >= 11 is 0. The highest BCUT2D eigenvalue weighted by molar-refractivity contribution is 5.76. The smallest absolute Gasteiger partial charge is 0.220 e. The zero-order valence-corrected chi connectivity index (χ0v) is 12.9. The summed E-state index contributed by atoms with van der Waals surface area (Å²) < 4.78 is 0. The summed E-state index contributed by atoms with van der Waals surface area (Å²) in [6.07, 6.45) is 4.62. The van der Waals surface area contributed by atoms with E-state index < -0.39 is 0 Å². The van der Waals surface area contributed by atoms with Crippen molar-refractivity contribution in [3.8, 4) is 0 Å². The molecule has 1 fully saturated rings. The molecular formula is C15H25N5O. The average Bonchev–Trinajstić information content (AvgIpc) is 2.47. The van der Waals surface area contributed by atoms with Crippen molar-refractivity contribution < 1.29 is 4.79 Å². The molecule has 3 N–H and O–H groups in total. The van der Waals surface area contributed by atoms with Crippen LogP contribution < -0.4 is 11.1 Å². The molecule has 1 aromatic heterocycles. The summed E-state index contributed by atoms with van der Waals surface area (Å²) in [6, 6.07) is 0. The SMILES string of the molecule is Cc1cnc(C)c(NCCCN2CCC(C(N)=O)CC2)n1. The molecule has 0 unspecified atom stereocenters. The number of primary amides is 1. The molecule has 6 heteroatoms. The molecule has 0 bridgehead atoms. The molecule has 1 aromatic rings. The van der Waals surface area contributed by atoms with Gasteiger partial charge in [-0.15, -0.1) is 0 Å². The van der Waals surface area contributed by atoms with E-state index in [0.717, 1.165) is 62.6 Å². The molecule has 2 rings (SSSR count). The number of likely N-dealkylation sites (tertiary alicyclic amines) is 1. The normalized spacial score (nSPS) is 16.9. The van der Waals surface area contributed by atoms with Gasteiger partial charge in [-0.05, 0) is 52.7 Å². The number of nitrogens with one attached hydrogen (secondary N) is 1. The standard InChI is InChI=1S/C15H25N5O/c1-11-10-18-12(2)15(19-11)17-6-3-7-20-8-4-13(5-9-20)14(16)21/h10,13H,3-9H2,1-2H3,(H2,16,21)(H,17,19). The first kappa shape index (κ1) is 15.7. The lowest BCUT2D eigenvalue weighted by atomic mass is 9.96. The highest BCUT2D eigenvalue weighted by Crippen LogP contribution is 2.16. The van der Waals surface area contributed by atoms with Crippen LogP contribution in [-0.2, 0) is 4.79 Å². The van der Waals surface area contributed by atoms with E-state index in [1.807, 2.05) is 13.8 Å². The molecule has 0 atom stereocenters. The van der Waals surface area contributed by atoms with Gasteiger partial charge in [0, 0.05) is 18.7 Å². The molecule has 0 aliphatic carbocycles. The number of amides is 1. The first-order chi connectivity index (χ1) is 10.1. The molecule has 2 heterocycles. The van der Waals surface area contributed by atoms with Crippen LogP contribution in [0.2, 0.25) is 0 Å². The van der Waals surface area contributed by atoms with Crippen LogP contribution in [0.5, 0.6) is 0 Å². The Kier molecular flexibility index (Phi) is 5.50. The van der Waals surface area contributed by atoms with Crippen molar-refractivity contribution >= 4 is 11.7 Å². The summed E-state index contributed by atoms with van der Waals surface area (Å²) in [4.78, 5) is 22.3. The quantitative estimate of drug-likeness (QED) is 0.767. The van der Waals surface area contributed by atoms with E-state index >= 15 is 0 Å². The third-order valence-corrected chi connectivity index (χ3v) is 4.01. The molecule has 1 aliphatic heterocycles. The van der Waals surface area contributed by atoms with Gasteiger partial charge in [-0.3, -0.25) is 9.78 Å². The van der Waals surface area contributed by atoms with E-state index in [0.29, 0.717) is 0 Å². The van der Waals surface area contributed by atoms with Crippen molar-refractivity contribution in [2.24, 2.45) is 11.7 Å². The van der Waals surface area contributed by atoms with Gasteiger partial charge < -0.3 is 16.0 Å². The second-order valence-corrected chi connectivity index (χ2v) is 5.74. The fourth-order valence-corrected chi connectivity index (χ4v) is 2.66.